The first-order valence-electron chi connectivity index (χ1n) is 18.0. The van der Waals surface area contributed by atoms with Crippen molar-refractivity contribution in [3.8, 4) is 22.9 Å². The first kappa shape index (κ1) is 35.1. The van der Waals surface area contributed by atoms with Gasteiger partial charge in [0.25, 0.3) is 0 Å². The zero-order valence-corrected chi connectivity index (χ0v) is 27.8. The molecule has 0 N–H and O–H groups in total. The summed E-state index contributed by atoms with van der Waals surface area (Å²) in [6, 6.07) is 12.5. The van der Waals surface area contributed by atoms with E-state index in [1.165, 1.54) is 135 Å². The second-order valence-corrected chi connectivity index (χ2v) is 13.2. The lowest BCUT2D eigenvalue weighted by Gasteiger charge is -2.29. The maximum absolute atomic E-state index is 15.6. The lowest BCUT2D eigenvalue weighted by atomic mass is 9.76. The van der Waals surface area contributed by atoms with Gasteiger partial charge in [0.1, 0.15) is 0 Å². The molecular weight excluding hydrogens is 529 g/mol. The molecule has 238 valence electrons. The Hall–Kier alpha value is -2.34. The Labute approximate surface area is 263 Å². The van der Waals surface area contributed by atoms with Crippen LogP contribution in [0, 0.1) is 23.1 Å². The largest absolute Gasteiger partial charge is 0.493 e. The summed E-state index contributed by atoms with van der Waals surface area (Å²) in [4.78, 5) is 0. The third kappa shape index (κ3) is 11.6. The van der Waals surface area contributed by atoms with Crippen LogP contribution in [0.25, 0.3) is 11.1 Å². The van der Waals surface area contributed by atoms with Gasteiger partial charge in [0.05, 0.1) is 18.7 Å². The van der Waals surface area contributed by atoms with E-state index in [0.29, 0.717) is 22.6 Å². The zero-order valence-electron chi connectivity index (χ0n) is 27.8. The van der Waals surface area contributed by atoms with Gasteiger partial charge in [0.2, 0.25) is 0 Å². The zero-order chi connectivity index (χ0) is 30.7. The van der Waals surface area contributed by atoms with Crippen LogP contribution in [0.2, 0.25) is 0 Å². The Morgan fingerprint density at radius 3 is 1.86 bits per heavy atom. The van der Waals surface area contributed by atoms with E-state index in [0.717, 1.165) is 30.7 Å². The van der Waals surface area contributed by atoms with Crippen LogP contribution in [-0.4, -0.2) is 7.11 Å². The maximum atomic E-state index is 15.6. The van der Waals surface area contributed by atoms with Crippen LogP contribution in [-0.2, 0) is 6.42 Å². The molecule has 0 spiro atoms. The summed E-state index contributed by atoms with van der Waals surface area (Å²) in [5.74, 6) is 1.37. The van der Waals surface area contributed by atoms with Crippen molar-refractivity contribution in [3.05, 3.63) is 52.8 Å². The maximum Gasteiger partial charge on any atom is 0.168 e. The first-order chi connectivity index (χ1) is 21.1. The summed E-state index contributed by atoms with van der Waals surface area (Å²) in [6.07, 6.45) is 28.1. The summed E-state index contributed by atoms with van der Waals surface area (Å²) >= 11 is 0. The molecule has 0 unspecified atom stereocenters. The molecule has 3 heteroatoms. The SMILES string of the molecule is CCCCCCCCCCc1ccc(-c2ccc(C3CCC(CCCCCCCCCC)CC3)cc2C#N)c(OC)c1F. The molecule has 1 aliphatic carbocycles. The number of ether oxygens (including phenoxy) is 1. The topological polar surface area (TPSA) is 33.0 Å². The fourth-order valence-corrected chi connectivity index (χ4v) is 7.15. The molecule has 0 aliphatic heterocycles. The van der Waals surface area contributed by atoms with E-state index >= 15 is 4.39 Å². The smallest absolute Gasteiger partial charge is 0.168 e. The molecule has 2 nitrogen and oxygen atoms in total. The Morgan fingerprint density at radius 2 is 1.28 bits per heavy atom. The summed E-state index contributed by atoms with van der Waals surface area (Å²) < 4.78 is 21.2. The van der Waals surface area contributed by atoms with Gasteiger partial charge in [-0.15, -0.1) is 0 Å². The van der Waals surface area contributed by atoms with Crippen molar-refractivity contribution in [2.75, 3.05) is 7.11 Å². The number of nitriles is 1. The number of methoxy groups -OCH3 is 1. The molecular formula is C40H60FNO. The average Bonchev–Trinajstić information content (AvgIpc) is 3.04. The highest BCUT2D eigenvalue weighted by atomic mass is 19.1. The minimum Gasteiger partial charge on any atom is -0.493 e. The molecule has 0 radical (unpaired) electrons. The highest BCUT2D eigenvalue weighted by Gasteiger charge is 2.24. The average molecular weight is 590 g/mol. The number of unbranched alkanes of at least 4 members (excludes halogenated alkanes) is 14. The molecule has 0 heterocycles. The van der Waals surface area contributed by atoms with Gasteiger partial charge in [-0.05, 0) is 67.6 Å². The van der Waals surface area contributed by atoms with Crippen molar-refractivity contribution in [2.24, 2.45) is 5.92 Å². The molecule has 1 aliphatic rings. The number of hydrogen-bond donors (Lipinski definition) is 0. The molecule has 0 bridgehead atoms. The molecule has 0 amide bonds. The third-order valence-electron chi connectivity index (χ3n) is 9.92. The van der Waals surface area contributed by atoms with E-state index in [9.17, 15) is 5.26 Å². The van der Waals surface area contributed by atoms with Gasteiger partial charge in [-0.2, -0.15) is 5.26 Å². The second-order valence-electron chi connectivity index (χ2n) is 13.2. The molecule has 3 rings (SSSR count). The van der Waals surface area contributed by atoms with Crippen molar-refractivity contribution in [1.29, 1.82) is 5.26 Å². The van der Waals surface area contributed by atoms with Crippen LogP contribution in [0.4, 0.5) is 4.39 Å². The summed E-state index contributed by atoms with van der Waals surface area (Å²) in [5.41, 5.74) is 4.04. The molecule has 2 aromatic carbocycles. The van der Waals surface area contributed by atoms with Gasteiger partial charge in [0, 0.05) is 11.1 Å². The van der Waals surface area contributed by atoms with E-state index in [2.05, 4.69) is 32.0 Å². The standard InChI is InChI=1S/C40H60FNO/c1-4-6-8-10-12-14-16-18-20-32-22-24-33(25-23-32)35-27-28-37(36(30-35)31-42)38-29-26-34(39(41)40(38)43-3)21-19-17-15-13-11-9-7-5-2/h26-30,32-33H,4-25H2,1-3H3. The molecule has 43 heavy (non-hydrogen) atoms. The number of rotatable bonds is 21. The molecule has 1 fully saturated rings. The fourth-order valence-electron chi connectivity index (χ4n) is 7.15. The van der Waals surface area contributed by atoms with Crippen molar-refractivity contribution in [2.45, 2.75) is 161 Å². The highest BCUT2D eigenvalue weighted by molar-refractivity contribution is 5.77. The van der Waals surface area contributed by atoms with Crippen LogP contribution >= 0.6 is 0 Å². The lowest BCUT2D eigenvalue weighted by Crippen LogP contribution is -2.13. The monoisotopic (exact) mass is 589 g/mol. The predicted molar refractivity (Wildman–Crippen MR) is 181 cm³/mol. The Balaban J connectivity index is 1.52. The Bertz CT molecular complexity index is 1090. The summed E-state index contributed by atoms with van der Waals surface area (Å²) in [7, 11) is 1.54. The van der Waals surface area contributed by atoms with Gasteiger partial charge in [0.15, 0.2) is 11.6 Å². The van der Waals surface area contributed by atoms with Crippen molar-refractivity contribution < 1.29 is 9.13 Å². The second kappa shape index (κ2) is 20.6. The van der Waals surface area contributed by atoms with Crippen molar-refractivity contribution in [3.63, 3.8) is 0 Å². The molecule has 0 aromatic heterocycles. The van der Waals surface area contributed by atoms with Gasteiger partial charge in [-0.3, -0.25) is 0 Å². The van der Waals surface area contributed by atoms with Crippen molar-refractivity contribution >= 4 is 0 Å². The Kier molecular flexibility index (Phi) is 16.8. The van der Waals surface area contributed by atoms with E-state index in [1.807, 2.05) is 18.2 Å². The van der Waals surface area contributed by atoms with E-state index < -0.39 is 0 Å². The molecule has 0 atom stereocenters. The number of halogens is 1. The van der Waals surface area contributed by atoms with Gasteiger partial charge in [-0.1, -0.05) is 141 Å². The lowest BCUT2D eigenvalue weighted by molar-refractivity contribution is 0.301. The van der Waals surface area contributed by atoms with E-state index in [4.69, 9.17) is 4.74 Å². The van der Waals surface area contributed by atoms with Crippen LogP contribution in [0.5, 0.6) is 5.75 Å². The van der Waals surface area contributed by atoms with Crippen LogP contribution in [0.15, 0.2) is 30.3 Å². The minimum absolute atomic E-state index is 0.266. The first-order valence-corrected chi connectivity index (χ1v) is 18.0. The Morgan fingerprint density at radius 1 is 0.721 bits per heavy atom. The minimum atomic E-state index is -0.272. The third-order valence-corrected chi connectivity index (χ3v) is 9.92. The van der Waals surface area contributed by atoms with Gasteiger partial charge < -0.3 is 4.74 Å². The predicted octanol–water partition coefficient (Wildman–Crippen LogP) is 12.9. The number of aryl methyl sites for hydroxylation is 1. The normalized spacial score (nSPS) is 16.7. The highest BCUT2D eigenvalue weighted by Crippen LogP contribution is 2.41. The molecule has 1 saturated carbocycles. The number of nitrogens with zero attached hydrogens (tertiary/aromatic N) is 1. The summed E-state index contributed by atoms with van der Waals surface area (Å²) in [5, 5.41) is 10.1. The number of benzene rings is 2. The fraction of sp³-hybridized carbons (Fsp3) is 0.675. The van der Waals surface area contributed by atoms with Crippen molar-refractivity contribution in [1.82, 2.24) is 0 Å². The quantitative estimate of drug-likeness (QED) is 0.136. The van der Waals surface area contributed by atoms with E-state index in [1.54, 1.807) is 0 Å². The summed E-state index contributed by atoms with van der Waals surface area (Å²) in [6.45, 7) is 4.53. The van der Waals surface area contributed by atoms with Gasteiger partial charge in [-0.25, -0.2) is 4.39 Å². The number of hydrogen-bond acceptors (Lipinski definition) is 2. The molecule has 2 aromatic rings. The van der Waals surface area contributed by atoms with Crippen LogP contribution in [0.3, 0.4) is 0 Å². The van der Waals surface area contributed by atoms with Crippen LogP contribution in [0.1, 0.15) is 171 Å². The van der Waals surface area contributed by atoms with Crippen LogP contribution < -0.4 is 4.74 Å². The molecule has 0 saturated heterocycles. The van der Waals surface area contributed by atoms with Gasteiger partial charge >= 0.3 is 0 Å². The van der Waals surface area contributed by atoms with E-state index in [-0.39, 0.29) is 11.6 Å².